The molecule has 0 amide bonds. The van der Waals surface area contributed by atoms with Gasteiger partial charge in [0, 0.05) is 12.7 Å². The third kappa shape index (κ3) is 3.74. The molecule has 0 fully saturated rings. The molecule has 6 nitrogen and oxygen atoms in total. The third-order valence-corrected chi connectivity index (χ3v) is 2.31. The normalized spacial score (nSPS) is 11.2. The van der Waals surface area contributed by atoms with E-state index in [1.165, 1.54) is 0 Å². The van der Waals surface area contributed by atoms with Crippen molar-refractivity contribution in [3.05, 3.63) is 29.3 Å². The molecule has 0 heterocycles. The lowest BCUT2D eigenvalue weighted by Crippen LogP contribution is -2.22. The Labute approximate surface area is 106 Å². The zero-order chi connectivity index (χ0) is 13.5. The van der Waals surface area contributed by atoms with Crippen molar-refractivity contribution in [2.75, 3.05) is 14.2 Å². The number of guanidine groups is 1. The Bertz CT molecular complexity index is 465. The maximum atomic E-state index is 5.24. The lowest BCUT2D eigenvalue weighted by Gasteiger charge is -2.09. The highest BCUT2D eigenvalue weighted by atomic mass is 16.5. The number of rotatable bonds is 5. The summed E-state index contributed by atoms with van der Waals surface area (Å²) < 4.78 is 10.4. The Hall–Kier alpha value is -2.08. The van der Waals surface area contributed by atoms with E-state index in [-0.39, 0.29) is 5.96 Å². The van der Waals surface area contributed by atoms with Crippen LogP contribution in [0.5, 0.6) is 5.75 Å². The first-order valence-corrected chi connectivity index (χ1v) is 5.38. The van der Waals surface area contributed by atoms with Gasteiger partial charge in [-0.1, -0.05) is 0 Å². The molecule has 4 N–H and O–H groups in total. The Morgan fingerprint density at radius 2 is 1.94 bits per heavy atom. The van der Waals surface area contributed by atoms with Crippen molar-refractivity contribution in [1.82, 2.24) is 0 Å². The van der Waals surface area contributed by atoms with Gasteiger partial charge in [-0.05, 0) is 30.7 Å². The van der Waals surface area contributed by atoms with E-state index in [1.807, 2.05) is 25.1 Å². The molecule has 0 bridgehead atoms. The minimum absolute atomic E-state index is 0.0695. The van der Waals surface area contributed by atoms with E-state index in [2.05, 4.69) is 10.2 Å². The minimum atomic E-state index is -0.0695. The smallest absolute Gasteiger partial charge is 0.211 e. The number of nitrogens with zero attached hydrogens (tertiary/aromatic N) is 2. The molecule has 0 saturated carbocycles. The molecular weight excluding hydrogens is 232 g/mol. The summed E-state index contributed by atoms with van der Waals surface area (Å²) in [4.78, 5) is 0. The SMILES string of the molecule is COCc1cc(/C(C)=N\N=C(N)N)ccc1OC. The van der Waals surface area contributed by atoms with Crippen molar-refractivity contribution in [2.45, 2.75) is 13.5 Å². The second kappa shape index (κ2) is 6.61. The van der Waals surface area contributed by atoms with Gasteiger partial charge in [0.1, 0.15) is 5.75 Å². The van der Waals surface area contributed by atoms with Gasteiger partial charge in [0.2, 0.25) is 5.96 Å². The Morgan fingerprint density at radius 3 is 2.50 bits per heavy atom. The van der Waals surface area contributed by atoms with E-state index >= 15 is 0 Å². The third-order valence-electron chi connectivity index (χ3n) is 2.31. The van der Waals surface area contributed by atoms with Crippen molar-refractivity contribution >= 4 is 11.7 Å². The number of hydrogen-bond acceptors (Lipinski definition) is 4. The zero-order valence-electron chi connectivity index (χ0n) is 10.8. The maximum Gasteiger partial charge on any atom is 0.211 e. The van der Waals surface area contributed by atoms with E-state index in [0.717, 1.165) is 16.9 Å². The monoisotopic (exact) mass is 250 g/mol. The summed E-state index contributed by atoms with van der Waals surface area (Å²) in [5.41, 5.74) is 13.0. The fourth-order valence-corrected chi connectivity index (χ4v) is 1.46. The molecule has 0 atom stereocenters. The molecule has 1 rings (SSSR count). The van der Waals surface area contributed by atoms with Crippen molar-refractivity contribution < 1.29 is 9.47 Å². The van der Waals surface area contributed by atoms with E-state index in [1.54, 1.807) is 14.2 Å². The van der Waals surface area contributed by atoms with Crippen LogP contribution in [0.4, 0.5) is 0 Å². The second-order valence-electron chi connectivity index (χ2n) is 3.67. The summed E-state index contributed by atoms with van der Waals surface area (Å²) in [5, 5.41) is 7.54. The number of nitrogens with two attached hydrogens (primary N) is 2. The molecule has 0 saturated heterocycles. The van der Waals surface area contributed by atoms with Crippen molar-refractivity contribution in [1.29, 1.82) is 0 Å². The van der Waals surface area contributed by atoms with Gasteiger partial charge < -0.3 is 20.9 Å². The van der Waals surface area contributed by atoms with Gasteiger partial charge >= 0.3 is 0 Å². The van der Waals surface area contributed by atoms with Crippen molar-refractivity contribution in [3.63, 3.8) is 0 Å². The highest BCUT2D eigenvalue weighted by Crippen LogP contribution is 2.21. The van der Waals surface area contributed by atoms with E-state index < -0.39 is 0 Å². The predicted octanol–water partition coefficient (Wildman–Crippen LogP) is 0.839. The summed E-state index contributed by atoms with van der Waals surface area (Å²) >= 11 is 0. The number of hydrogen-bond donors (Lipinski definition) is 2. The molecular formula is C12H18N4O2. The average molecular weight is 250 g/mol. The lowest BCUT2D eigenvalue weighted by atomic mass is 10.1. The van der Waals surface area contributed by atoms with Crippen LogP contribution in [0.1, 0.15) is 18.1 Å². The predicted molar refractivity (Wildman–Crippen MR) is 71.7 cm³/mol. The summed E-state index contributed by atoms with van der Waals surface area (Å²) in [7, 11) is 3.25. The summed E-state index contributed by atoms with van der Waals surface area (Å²) in [6, 6.07) is 5.68. The van der Waals surface area contributed by atoms with E-state index in [0.29, 0.717) is 12.3 Å². The van der Waals surface area contributed by atoms with Crippen molar-refractivity contribution in [3.8, 4) is 5.75 Å². The van der Waals surface area contributed by atoms with Gasteiger partial charge in [-0.3, -0.25) is 0 Å². The first-order chi connectivity index (χ1) is 8.58. The molecule has 0 spiro atoms. The summed E-state index contributed by atoms with van der Waals surface area (Å²) in [6.07, 6.45) is 0. The van der Waals surface area contributed by atoms with Gasteiger partial charge in [0.05, 0.1) is 19.4 Å². The first-order valence-electron chi connectivity index (χ1n) is 5.38. The molecule has 6 heteroatoms. The zero-order valence-corrected chi connectivity index (χ0v) is 10.8. The van der Waals surface area contributed by atoms with E-state index in [9.17, 15) is 0 Å². The van der Waals surface area contributed by atoms with Crippen LogP contribution in [0.2, 0.25) is 0 Å². The Morgan fingerprint density at radius 1 is 1.22 bits per heavy atom. The molecule has 0 unspecified atom stereocenters. The largest absolute Gasteiger partial charge is 0.496 e. The van der Waals surface area contributed by atoms with Crippen LogP contribution in [0, 0.1) is 0 Å². The van der Waals surface area contributed by atoms with Crippen LogP contribution < -0.4 is 16.2 Å². The van der Waals surface area contributed by atoms with Crippen LogP contribution >= 0.6 is 0 Å². The van der Waals surface area contributed by atoms with Crippen LogP contribution in [0.25, 0.3) is 0 Å². The van der Waals surface area contributed by atoms with Gasteiger partial charge in [-0.25, -0.2) is 0 Å². The Kier molecular flexibility index (Phi) is 5.13. The van der Waals surface area contributed by atoms with Crippen LogP contribution in [0.15, 0.2) is 28.4 Å². The van der Waals surface area contributed by atoms with Gasteiger partial charge in [0.15, 0.2) is 0 Å². The molecule has 1 aromatic rings. The van der Waals surface area contributed by atoms with Gasteiger partial charge in [0.25, 0.3) is 0 Å². The molecule has 0 aliphatic carbocycles. The molecule has 0 radical (unpaired) electrons. The standard InChI is InChI=1S/C12H18N4O2/c1-8(15-16-12(13)14)9-4-5-11(18-3)10(6-9)7-17-2/h4-6H,7H2,1-3H3,(H4,13,14,16)/b15-8-. The first kappa shape index (κ1) is 14.0. The number of methoxy groups -OCH3 is 2. The van der Waals surface area contributed by atoms with Crippen LogP contribution in [-0.2, 0) is 11.3 Å². The molecule has 0 aliphatic rings. The van der Waals surface area contributed by atoms with Crippen LogP contribution in [-0.4, -0.2) is 25.9 Å². The molecule has 0 aliphatic heterocycles. The van der Waals surface area contributed by atoms with E-state index in [4.69, 9.17) is 20.9 Å². The fraction of sp³-hybridized carbons (Fsp3) is 0.333. The minimum Gasteiger partial charge on any atom is -0.496 e. The molecule has 98 valence electrons. The molecule has 1 aromatic carbocycles. The topological polar surface area (TPSA) is 95.2 Å². The highest BCUT2D eigenvalue weighted by Gasteiger charge is 2.06. The number of benzene rings is 1. The summed E-state index contributed by atoms with van der Waals surface area (Å²) in [6.45, 7) is 2.29. The van der Waals surface area contributed by atoms with Gasteiger partial charge in [-0.15, -0.1) is 5.10 Å². The van der Waals surface area contributed by atoms with Crippen molar-refractivity contribution in [2.24, 2.45) is 21.7 Å². The quantitative estimate of drug-likeness (QED) is 0.460. The molecule has 0 aromatic heterocycles. The molecule has 18 heavy (non-hydrogen) atoms. The lowest BCUT2D eigenvalue weighted by molar-refractivity contribution is 0.181. The Balaban J connectivity index is 3.07. The summed E-state index contributed by atoms with van der Waals surface area (Å²) in [5.74, 6) is 0.704. The van der Waals surface area contributed by atoms with Gasteiger partial charge in [-0.2, -0.15) is 5.10 Å². The average Bonchev–Trinajstić information content (AvgIpc) is 2.36. The maximum absolute atomic E-state index is 5.24. The second-order valence-corrected chi connectivity index (χ2v) is 3.67. The highest BCUT2D eigenvalue weighted by molar-refractivity contribution is 5.99. The fourth-order valence-electron chi connectivity index (χ4n) is 1.46. The van der Waals surface area contributed by atoms with Crippen LogP contribution in [0.3, 0.4) is 0 Å². The number of ether oxygens (including phenoxy) is 2.